The molecule has 0 spiro atoms. The second-order valence-corrected chi connectivity index (χ2v) is 16.5. The van der Waals surface area contributed by atoms with Crippen LogP contribution in [0.3, 0.4) is 0 Å². The second-order valence-electron chi connectivity index (χ2n) is 16.5. The van der Waals surface area contributed by atoms with Gasteiger partial charge in [0.15, 0.2) is 0 Å². The van der Waals surface area contributed by atoms with Crippen LogP contribution in [0.4, 0.5) is 17.2 Å². The fourth-order valence-electron chi connectivity index (χ4n) is 8.15. The minimum atomic E-state index is 0.0260. The highest BCUT2D eigenvalue weighted by Gasteiger charge is 2.49. The van der Waals surface area contributed by atoms with Gasteiger partial charge in [0.25, 0.3) is 6.71 Å². The zero-order chi connectivity index (χ0) is 30.9. The van der Waals surface area contributed by atoms with Gasteiger partial charge in [-0.1, -0.05) is 106 Å². The van der Waals surface area contributed by atoms with Crippen molar-refractivity contribution < 1.29 is 4.74 Å². The predicted octanol–water partition coefficient (Wildman–Crippen LogP) is 8.35. The highest BCUT2D eigenvalue weighted by Crippen LogP contribution is 2.54. The van der Waals surface area contributed by atoms with Crippen LogP contribution in [-0.4, -0.2) is 11.7 Å². The SMILES string of the molecule is Cc1cc2c3c(n1)N(c1ccc(C(C)(C)C)cc1)c1ccc(C(C)(C)C)cc1B3c1ccc3c(c1O2)C(C)(C)CC3(C)C. The van der Waals surface area contributed by atoms with Crippen molar-refractivity contribution in [3.05, 3.63) is 88.6 Å². The Bertz CT molecular complexity index is 1800. The molecule has 3 aromatic carbocycles. The molecule has 0 saturated carbocycles. The first-order valence-electron chi connectivity index (χ1n) is 15.9. The van der Waals surface area contributed by atoms with E-state index in [1.807, 2.05) is 0 Å². The zero-order valence-corrected chi connectivity index (χ0v) is 27.9. The van der Waals surface area contributed by atoms with E-state index in [-0.39, 0.29) is 28.4 Å². The monoisotopic (exact) mass is 568 g/mol. The molecule has 7 rings (SSSR count). The zero-order valence-electron chi connectivity index (χ0n) is 27.9. The summed E-state index contributed by atoms with van der Waals surface area (Å²) in [4.78, 5) is 7.62. The molecule has 4 aromatic rings. The summed E-state index contributed by atoms with van der Waals surface area (Å²) < 4.78 is 7.07. The lowest BCUT2D eigenvalue weighted by molar-refractivity contribution is 0.394. The number of anilines is 3. The Hall–Kier alpha value is -3.53. The highest BCUT2D eigenvalue weighted by atomic mass is 16.5. The summed E-state index contributed by atoms with van der Waals surface area (Å²) in [5.74, 6) is 2.99. The molecule has 0 atom stereocenters. The molecular weight excluding hydrogens is 523 g/mol. The van der Waals surface area contributed by atoms with E-state index in [1.165, 1.54) is 44.3 Å². The smallest absolute Gasteiger partial charge is 0.258 e. The van der Waals surface area contributed by atoms with Crippen molar-refractivity contribution in [2.24, 2.45) is 0 Å². The number of nitrogens with zero attached hydrogens (tertiary/aromatic N) is 2. The van der Waals surface area contributed by atoms with Gasteiger partial charge in [-0.2, -0.15) is 0 Å². The molecule has 220 valence electrons. The Kier molecular flexibility index (Phi) is 5.77. The summed E-state index contributed by atoms with van der Waals surface area (Å²) in [6.45, 7) is 25.4. The molecule has 3 heterocycles. The maximum absolute atomic E-state index is 7.07. The molecule has 43 heavy (non-hydrogen) atoms. The van der Waals surface area contributed by atoms with Gasteiger partial charge < -0.3 is 4.74 Å². The van der Waals surface area contributed by atoms with E-state index in [4.69, 9.17) is 9.72 Å². The number of hydrogen-bond acceptors (Lipinski definition) is 3. The number of fused-ring (bicyclic) bond motifs is 6. The molecule has 3 nitrogen and oxygen atoms in total. The van der Waals surface area contributed by atoms with E-state index in [2.05, 4.69) is 142 Å². The van der Waals surface area contributed by atoms with Crippen molar-refractivity contribution in [3.8, 4) is 11.5 Å². The van der Waals surface area contributed by atoms with E-state index in [0.717, 1.165) is 35.1 Å². The van der Waals surface area contributed by atoms with Gasteiger partial charge in [-0.3, -0.25) is 4.90 Å². The van der Waals surface area contributed by atoms with Crippen LogP contribution in [0.15, 0.2) is 60.7 Å². The first kappa shape index (κ1) is 28.3. The molecule has 4 heteroatoms. The van der Waals surface area contributed by atoms with E-state index in [0.29, 0.717) is 0 Å². The van der Waals surface area contributed by atoms with E-state index >= 15 is 0 Å². The van der Waals surface area contributed by atoms with Gasteiger partial charge in [-0.25, -0.2) is 4.98 Å². The lowest BCUT2D eigenvalue weighted by Crippen LogP contribution is -2.60. The van der Waals surface area contributed by atoms with Gasteiger partial charge in [0.1, 0.15) is 17.3 Å². The molecule has 0 N–H and O–H groups in total. The Morgan fingerprint density at radius 3 is 2.07 bits per heavy atom. The summed E-state index contributed by atoms with van der Waals surface area (Å²) in [5, 5.41) is 0. The average molecular weight is 569 g/mol. The predicted molar refractivity (Wildman–Crippen MR) is 183 cm³/mol. The van der Waals surface area contributed by atoms with Crippen molar-refractivity contribution in [1.82, 2.24) is 4.98 Å². The van der Waals surface area contributed by atoms with E-state index in [9.17, 15) is 0 Å². The Labute approximate surface area is 258 Å². The molecule has 1 aromatic heterocycles. The largest absolute Gasteiger partial charge is 0.458 e. The number of benzene rings is 3. The van der Waals surface area contributed by atoms with Gasteiger partial charge in [-0.15, -0.1) is 0 Å². The molecule has 0 saturated heterocycles. The Balaban J connectivity index is 1.53. The molecule has 0 unspecified atom stereocenters. The number of ether oxygens (including phenoxy) is 1. The van der Waals surface area contributed by atoms with Crippen LogP contribution in [-0.2, 0) is 21.7 Å². The summed E-state index contributed by atoms with van der Waals surface area (Å²) in [6, 6.07) is 23.1. The van der Waals surface area contributed by atoms with Crippen LogP contribution < -0.4 is 26.0 Å². The van der Waals surface area contributed by atoms with Crippen molar-refractivity contribution in [3.63, 3.8) is 0 Å². The van der Waals surface area contributed by atoms with Crippen molar-refractivity contribution in [2.45, 2.75) is 104 Å². The van der Waals surface area contributed by atoms with E-state index in [1.54, 1.807) is 0 Å². The normalized spacial score (nSPS) is 17.6. The molecular formula is C39H45BN2O. The van der Waals surface area contributed by atoms with Crippen LogP contribution in [0.2, 0.25) is 0 Å². The number of aryl methyl sites for hydroxylation is 1. The Morgan fingerprint density at radius 2 is 1.42 bits per heavy atom. The first-order valence-corrected chi connectivity index (χ1v) is 15.9. The topological polar surface area (TPSA) is 25.4 Å². The van der Waals surface area contributed by atoms with Crippen molar-refractivity contribution in [2.75, 3.05) is 4.90 Å². The average Bonchev–Trinajstić information content (AvgIpc) is 3.10. The van der Waals surface area contributed by atoms with Crippen LogP contribution in [0.5, 0.6) is 11.5 Å². The third kappa shape index (κ3) is 4.19. The maximum atomic E-state index is 7.07. The van der Waals surface area contributed by atoms with Gasteiger partial charge in [0.05, 0.1) is 0 Å². The van der Waals surface area contributed by atoms with Crippen LogP contribution in [0.1, 0.15) is 104 Å². The number of rotatable bonds is 1. The van der Waals surface area contributed by atoms with Gasteiger partial charge in [0.2, 0.25) is 0 Å². The van der Waals surface area contributed by atoms with Crippen molar-refractivity contribution >= 4 is 40.3 Å². The summed E-state index contributed by atoms with van der Waals surface area (Å²) in [5.41, 5.74) is 12.8. The molecule has 3 aliphatic rings. The van der Waals surface area contributed by atoms with Crippen LogP contribution in [0, 0.1) is 6.92 Å². The molecule has 0 fully saturated rings. The summed E-state index contributed by atoms with van der Waals surface area (Å²) in [6.07, 6.45) is 1.11. The third-order valence-electron chi connectivity index (χ3n) is 10.1. The van der Waals surface area contributed by atoms with Crippen LogP contribution in [0.25, 0.3) is 0 Å². The summed E-state index contributed by atoms with van der Waals surface area (Å²) in [7, 11) is 0. The van der Waals surface area contributed by atoms with E-state index < -0.39 is 0 Å². The van der Waals surface area contributed by atoms with Crippen LogP contribution >= 0.6 is 0 Å². The van der Waals surface area contributed by atoms with Gasteiger partial charge in [-0.05, 0) is 80.8 Å². The fourth-order valence-corrected chi connectivity index (χ4v) is 8.15. The van der Waals surface area contributed by atoms with Gasteiger partial charge >= 0.3 is 0 Å². The van der Waals surface area contributed by atoms with Crippen molar-refractivity contribution in [1.29, 1.82) is 0 Å². The standard InChI is InChI=1S/C39H45BN2O/c1-23-20-31-33-35(41-23)42(26-15-12-24(13-16-26)36(2,3)4)30-19-14-25(37(5,6)7)21-29(30)40(33)28-18-17-27-32(34(28)43-31)39(10,11)22-38(27,8)9/h12-21H,22H2,1-11H3. The summed E-state index contributed by atoms with van der Waals surface area (Å²) >= 11 is 0. The third-order valence-corrected chi connectivity index (χ3v) is 10.1. The lowest BCUT2D eigenvalue weighted by Gasteiger charge is -2.41. The quantitative estimate of drug-likeness (QED) is 0.187. The molecule has 0 bridgehead atoms. The van der Waals surface area contributed by atoms with Gasteiger partial charge in [0, 0.05) is 34.2 Å². The minimum Gasteiger partial charge on any atom is -0.458 e. The molecule has 1 aliphatic carbocycles. The number of pyridine rings is 1. The minimum absolute atomic E-state index is 0.0260. The Morgan fingerprint density at radius 1 is 0.767 bits per heavy atom. The first-order chi connectivity index (χ1) is 20.0. The number of hydrogen-bond donors (Lipinski definition) is 0. The molecule has 2 aliphatic heterocycles. The fraction of sp³-hybridized carbons (Fsp3) is 0.410. The molecule has 0 amide bonds. The molecule has 0 radical (unpaired) electrons. The highest BCUT2D eigenvalue weighted by molar-refractivity contribution is 6.99. The lowest BCUT2D eigenvalue weighted by atomic mass is 9.34. The maximum Gasteiger partial charge on any atom is 0.258 e. The number of aromatic nitrogens is 1. The second kappa shape index (κ2) is 8.77.